The Morgan fingerprint density at radius 1 is 1.22 bits per heavy atom. The highest BCUT2D eigenvalue weighted by Crippen LogP contribution is 2.49. The lowest BCUT2D eigenvalue weighted by atomic mass is 9.90. The van der Waals surface area contributed by atoms with Gasteiger partial charge in [-0.2, -0.15) is 5.10 Å². The van der Waals surface area contributed by atoms with E-state index in [0.29, 0.717) is 34.7 Å². The minimum Gasteiger partial charge on any atom is -0.394 e. The summed E-state index contributed by atoms with van der Waals surface area (Å²) in [6.07, 6.45) is 3.53. The molecule has 2 heterocycles. The maximum absolute atomic E-state index is 15.4. The molecule has 2 fully saturated rings. The Kier molecular flexibility index (Phi) is 6.85. The summed E-state index contributed by atoms with van der Waals surface area (Å²) in [5.74, 6) is -1.20. The molecule has 1 saturated heterocycles. The number of nitrogens with zero attached hydrogens (tertiary/aromatic N) is 4. The number of hydrogen-bond donors (Lipinski definition) is 2. The van der Waals surface area contributed by atoms with E-state index in [-0.39, 0.29) is 25.6 Å². The molecule has 2 N–H and O–H groups in total. The van der Waals surface area contributed by atoms with Crippen LogP contribution >= 0.6 is 0 Å². The lowest BCUT2D eigenvalue weighted by Gasteiger charge is -2.31. The first-order chi connectivity index (χ1) is 19.7. The number of aliphatic hydroxyl groups is 1. The fourth-order valence-electron chi connectivity index (χ4n) is 6.06. The molecule has 0 radical (unpaired) electrons. The molecule has 41 heavy (non-hydrogen) atoms. The van der Waals surface area contributed by atoms with Crippen molar-refractivity contribution in [3.8, 4) is 11.1 Å². The molecule has 11 heteroatoms. The summed E-state index contributed by atoms with van der Waals surface area (Å²) in [5, 5.41) is 16.0. The molecule has 1 spiro atoms. The minimum absolute atomic E-state index is 0.0662. The van der Waals surface area contributed by atoms with Crippen LogP contribution in [0, 0.1) is 11.7 Å². The van der Waals surface area contributed by atoms with Gasteiger partial charge in [0.25, 0.3) is 5.91 Å². The number of hydrogen-bond acceptors (Lipinski definition) is 5. The fraction of sp³-hybridized carbons (Fsp3) is 0.400. The second-order valence-electron chi connectivity index (χ2n) is 11.1. The Bertz CT molecular complexity index is 1520. The molecule has 1 aromatic heterocycles. The Balaban J connectivity index is 1.24. The number of fused-ring (bicyclic) bond motifs is 2. The number of nitrogens with one attached hydrogen (secondary N) is 1. The summed E-state index contributed by atoms with van der Waals surface area (Å²) < 4.78 is 30.9. The summed E-state index contributed by atoms with van der Waals surface area (Å²) >= 11 is 0. The van der Waals surface area contributed by atoms with Crippen LogP contribution in [0.3, 0.4) is 0 Å². The van der Waals surface area contributed by atoms with Gasteiger partial charge in [0.2, 0.25) is 5.91 Å². The van der Waals surface area contributed by atoms with Gasteiger partial charge in [0, 0.05) is 30.8 Å². The Labute approximate surface area is 235 Å². The predicted molar refractivity (Wildman–Crippen MR) is 144 cm³/mol. The van der Waals surface area contributed by atoms with Gasteiger partial charge in [-0.15, -0.1) is 0 Å². The monoisotopic (exact) mass is 563 g/mol. The van der Waals surface area contributed by atoms with Crippen molar-refractivity contribution in [1.82, 2.24) is 24.9 Å². The molecule has 3 aliphatic rings. The van der Waals surface area contributed by atoms with Gasteiger partial charge in [-0.25, -0.2) is 13.6 Å². The quantitative estimate of drug-likeness (QED) is 0.387. The van der Waals surface area contributed by atoms with E-state index in [9.17, 15) is 18.8 Å². The maximum Gasteiger partial charge on any atom is 0.325 e. The van der Waals surface area contributed by atoms with Gasteiger partial charge in [0.15, 0.2) is 0 Å². The topological polar surface area (TPSA) is 108 Å². The predicted octanol–water partition coefficient (Wildman–Crippen LogP) is 3.67. The van der Waals surface area contributed by atoms with E-state index in [1.807, 2.05) is 6.92 Å². The Morgan fingerprint density at radius 2 is 2.02 bits per heavy atom. The highest BCUT2D eigenvalue weighted by atomic mass is 19.1. The number of alkyl halides is 1. The molecule has 4 amide bonds. The normalized spacial score (nSPS) is 22.2. The molecule has 2 aliphatic carbocycles. The number of imide groups is 1. The molecule has 9 nitrogen and oxygen atoms in total. The van der Waals surface area contributed by atoms with Crippen molar-refractivity contribution >= 4 is 17.8 Å². The van der Waals surface area contributed by atoms with Gasteiger partial charge < -0.3 is 15.3 Å². The first-order valence-electron chi connectivity index (χ1n) is 13.8. The third-order valence-corrected chi connectivity index (χ3v) is 8.46. The van der Waals surface area contributed by atoms with Gasteiger partial charge in [0.05, 0.1) is 19.3 Å². The van der Waals surface area contributed by atoms with Crippen molar-refractivity contribution in [3.63, 3.8) is 0 Å². The van der Waals surface area contributed by atoms with Gasteiger partial charge in [-0.3, -0.25) is 19.2 Å². The van der Waals surface area contributed by atoms with Crippen LogP contribution < -0.4 is 5.32 Å². The van der Waals surface area contributed by atoms with Crippen LogP contribution in [0.15, 0.2) is 54.9 Å². The first kappa shape index (κ1) is 27.1. The number of aliphatic hydroxyl groups excluding tert-OH is 1. The number of carbonyl (C=O) groups is 3. The number of amides is 4. The van der Waals surface area contributed by atoms with Gasteiger partial charge in [-0.05, 0) is 66.1 Å². The third-order valence-electron chi connectivity index (χ3n) is 8.46. The van der Waals surface area contributed by atoms with Crippen molar-refractivity contribution in [2.75, 3.05) is 13.2 Å². The van der Waals surface area contributed by atoms with Crippen LogP contribution in [0.4, 0.5) is 13.6 Å². The average molecular weight is 564 g/mol. The summed E-state index contributed by atoms with van der Waals surface area (Å²) in [7, 11) is 0. The number of aromatic nitrogens is 2. The Hall–Kier alpha value is -4.12. The van der Waals surface area contributed by atoms with Crippen LogP contribution in [0.1, 0.15) is 49.0 Å². The van der Waals surface area contributed by atoms with E-state index in [4.69, 9.17) is 5.11 Å². The molecule has 2 aromatic carbocycles. The standard InChI is InChI=1S/C30H31F2N5O4/c1-18(20-5-6-20)36(15-19-3-2-4-23(31)11-19)27(39)17-37-28(40)30(34-29(37)41)13-26(32)24-12-21(7-8-25(24)30)22-14-33-35(16-22)9-10-38/h2-4,7-8,11-12,14,16,18,20,26,38H,5-6,9-10,13,15,17H2,1H3,(H,34,41)/t18-,26+,30-/m0/s1. The van der Waals surface area contributed by atoms with Crippen molar-refractivity contribution in [2.24, 2.45) is 5.92 Å². The number of benzene rings is 2. The highest BCUT2D eigenvalue weighted by Gasteiger charge is 2.58. The molecule has 1 aliphatic heterocycles. The summed E-state index contributed by atoms with van der Waals surface area (Å²) in [4.78, 5) is 42.9. The minimum atomic E-state index is -1.60. The smallest absolute Gasteiger partial charge is 0.325 e. The van der Waals surface area contributed by atoms with E-state index < -0.39 is 41.9 Å². The van der Waals surface area contributed by atoms with Gasteiger partial charge in [-0.1, -0.05) is 24.3 Å². The van der Waals surface area contributed by atoms with E-state index >= 15 is 4.39 Å². The largest absolute Gasteiger partial charge is 0.394 e. The van der Waals surface area contributed by atoms with Crippen LogP contribution in [-0.2, 0) is 28.2 Å². The average Bonchev–Trinajstić information content (AvgIpc) is 3.57. The molecule has 3 aromatic rings. The van der Waals surface area contributed by atoms with Crippen LogP contribution in [-0.4, -0.2) is 61.7 Å². The fourth-order valence-corrected chi connectivity index (χ4v) is 6.06. The van der Waals surface area contributed by atoms with E-state index in [0.717, 1.165) is 23.3 Å². The third kappa shape index (κ3) is 4.88. The first-order valence-corrected chi connectivity index (χ1v) is 13.8. The van der Waals surface area contributed by atoms with Crippen molar-refractivity contribution in [1.29, 1.82) is 0 Å². The van der Waals surface area contributed by atoms with Crippen molar-refractivity contribution in [2.45, 2.75) is 57.0 Å². The Morgan fingerprint density at radius 3 is 2.76 bits per heavy atom. The van der Waals surface area contributed by atoms with Crippen molar-refractivity contribution < 1.29 is 28.3 Å². The zero-order valence-corrected chi connectivity index (χ0v) is 22.6. The molecule has 0 bridgehead atoms. The van der Waals surface area contributed by atoms with Crippen LogP contribution in [0.2, 0.25) is 0 Å². The second kappa shape index (κ2) is 10.4. The number of carbonyl (C=O) groups excluding carboxylic acids is 3. The molecule has 3 atom stereocenters. The van der Waals surface area contributed by atoms with E-state index in [1.54, 1.807) is 52.3 Å². The van der Waals surface area contributed by atoms with Crippen molar-refractivity contribution in [3.05, 3.63) is 77.4 Å². The lowest BCUT2D eigenvalue weighted by Crippen LogP contribution is -2.47. The van der Waals surface area contributed by atoms with Gasteiger partial charge in [0.1, 0.15) is 24.1 Å². The number of halogens is 2. The lowest BCUT2D eigenvalue weighted by molar-refractivity contribution is -0.141. The highest BCUT2D eigenvalue weighted by molar-refractivity contribution is 6.10. The van der Waals surface area contributed by atoms with Crippen LogP contribution in [0.5, 0.6) is 0 Å². The SMILES string of the molecule is C[C@@H](C1CC1)N(Cc1cccc(F)c1)C(=O)CN1C(=O)N[C@]2(C[C@@H](F)c3cc(-c4cnn(CCO)c4)ccc32)C1=O. The molecular weight excluding hydrogens is 532 g/mol. The molecular formula is C30H31F2N5O4. The maximum atomic E-state index is 15.4. The number of urea groups is 1. The summed E-state index contributed by atoms with van der Waals surface area (Å²) in [6.45, 7) is 1.84. The van der Waals surface area contributed by atoms with E-state index in [1.165, 1.54) is 12.1 Å². The van der Waals surface area contributed by atoms with E-state index in [2.05, 4.69) is 10.4 Å². The number of rotatable bonds is 9. The molecule has 6 rings (SSSR count). The molecule has 214 valence electrons. The zero-order chi connectivity index (χ0) is 28.9. The molecule has 0 unspecified atom stereocenters. The zero-order valence-electron chi connectivity index (χ0n) is 22.6. The van der Waals surface area contributed by atoms with Gasteiger partial charge >= 0.3 is 6.03 Å². The summed E-state index contributed by atoms with van der Waals surface area (Å²) in [5.41, 5.74) is 1.11. The molecule has 1 saturated carbocycles. The summed E-state index contributed by atoms with van der Waals surface area (Å²) in [6, 6.07) is 10.1. The van der Waals surface area contributed by atoms with Crippen LogP contribution in [0.25, 0.3) is 11.1 Å². The second-order valence-corrected chi connectivity index (χ2v) is 11.1.